The van der Waals surface area contributed by atoms with Crippen LogP contribution in [0.3, 0.4) is 0 Å². The van der Waals surface area contributed by atoms with E-state index < -0.39 is 31.3 Å². The Morgan fingerprint density at radius 3 is 1.46 bits per heavy atom. The third-order valence-corrected chi connectivity index (χ3v) is 15.1. The summed E-state index contributed by atoms with van der Waals surface area (Å²) in [6, 6.07) is 20.3. The SMILES string of the molecule is CC1CCN(c2c(S(=O)(=O)c3ccc(Cl)c(Cl)c3)cnc3c(F)cccc23)CC1.Cc1ccc(S(=O)(=O)c2cnc3c(F)cccc3c2N2CCC(C)CC2)cc1. The van der Waals surface area contributed by atoms with Crippen molar-refractivity contribution in [2.24, 2.45) is 11.8 Å². The predicted molar refractivity (Wildman–Crippen MR) is 223 cm³/mol. The Morgan fingerprint density at radius 1 is 0.596 bits per heavy atom. The lowest BCUT2D eigenvalue weighted by molar-refractivity contribution is 0.437. The van der Waals surface area contributed by atoms with Gasteiger partial charge in [0, 0.05) is 49.3 Å². The summed E-state index contributed by atoms with van der Waals surface area (Å²) in [5, 5.41) is 1.46. The zero-order valence-corrected chi connectivity index (χ0v) is 34.9. The second-order valence-electron chi connectivity index (χ2n) is 14.9. The average Bonchev–Trinajstić information content (AvgIpc) is 3.19. The number of rotatable bonds is 6. The topological polar surface area (TPSA) is 101 Å². The van der Waals surface area contributed by atoms with E-state index in [1.54, 1.807) is 48.5 Å². The maximum absolute atomic E-state index is 14.4. The fourth-order valence-electron chi connectivity index (χ4n) is 7.43. The lowest BCUT2D eigenvalue weighted by Gasteiger charge is -2.34. The van der Waals surface area contributed by atoms with E-state index >= 15 is 0 Å². The number of piperidine rings is 2. The van der Waals surface area contributed by atoms with Gasteiger partial charge in [0.05, 0.1) is 31.2 Å². The van der Waals surface area contributed by atoms with Crippen molar-refractivity contribution in [1.29, 1.82) is 0 Å². The molecule has 2 saturated heterocycles. The van der Waals surface area contributed by atoms with Gasteiger partial charge in [-0.05, 0) is 86.9 Å². The molecule has 4 heterocycles. The largest absolute Gasteiger partial charge is 0.370 e. The van der Waals surface area contributed by atoms with Crippen molar-refractivity contribution in [3.05, 3.63) is 118 Å². The molecular weight excluding hydrogens is 810 g/mol. The third-order valence-electron chi connectivity index (χ3n) is 10.9. The van der Waals surface area contributed by atoms with Crippen molar-refractivity contribution in [3.8, 4) is 0 Å². The number of nitrogens with zero attached hydrogens (tertiary/aromatic N) is 4. The molecule has 2 aromatic heterocycles. The lowest BCUT2D eigenvalue weighted by atomic mass is 9.98. The van der Waals surface area contributed by atoms with E-state index in [9.17, 15) is 25.6 Å². The summed E-state index contributed by atoms with van der Waals surface area (Å²) in [7, 11) is -7.73. The molecule has 0 saturated carbocycles. The summed E-state index contributed by atoms with van der Waals surface area (Å²) < 4.78 is 82.6. The Morgan fingerprint density at radius 2 is 1.02 bits per heavy atom. The molecule has 8 rings (SSSR count). The Labute approximate surface area is 342 Å². The van der Waals surface area contributed by atoms with E-state index in [1.165, 1.54) is 42.7 Å². The van der Waals surface area contributed by atoms with Gasteiger partial charge >= 0.3 is 0 Å². The molecule has 2 aliphatic rings. The van der Waals surface area contributed by atoms with Gasteiger partial charge in [0.2, 0.25) is 19.7 Å². The van der Waals surface area contributed by atoms with Crippen LogP contribution >= 0.6 is 23.2 Å². The van der Waals surface area contributed by atoms with Crippen molar-refractivity contribution in [2.75, 3.05) is 36.0 Å². The minimum atomic E-state index is -3.95. The van der Waals surface area contributed by atoms with Crippen LogP contribution in [-0.2, 0) is 19.7 Å². The fraction of sp³-hybridized carbons (Fsp3) is 0.302. The number of fused-ring (bicyclic) bond motifs is 2. The fourth-order valence-corrected chi connectivity index (χ4v) is 10.7. The van der Waals surface area contributed by atoms with Gasteiger partial charge in [-0.15, -0.1) is 0 Å². The molecule has 0 bridgehead atoms. The minimum Gasteiger partial charge on any atom is -0.370 e. The first-order chi connectivity index (χ1) is 27.2. The zero-order chi connectivity index (χ0) is 40.6. The monoisotopic (exact) mass is 850 g/mol. The summed E-state index contributed by atoms with van der Waals surface area (Å²) in [5.41, 5.74) is 2.42. The lowest BCUT2D eigenvalue weighted by Crippen LogP contribution is -2.34. The smallest absolute Gasteiger partial charge is 0.210 e. The van der Waals surface area contributed by atoms with Crippen molar-refractivity contribution in [3.63, 3.8) is 0 Å². The molecule has 2 aliphatic heterocycles. The summed E-state index contributed by atoms with van der Waals surface area (Å²) in [5.74, 6) is 0.237. The summed E-state index contributed by atoms with van der Waals surface area (Å²) in [4.78, 5) is 12.9. The van der Waals surface area contributed by atoms with Gasteiger partial charge in [0.1, 0.15) is 32.5 Å². The molecule has 57 heavy (non-hydrogen) atoms. The van der Waals surface area contributed by atoms with E-state index in [-0.39, 0.29) is 40.7 Å². The second kappa shape index (κ2) is 16.5. The van der Waals surface area contributed by atoms with Gasteiger partial charge in [0.25, 0.3) is 0 Å². The number of sulfone groups is 2. The first-order valence-corrected chi connectivity index (χ1v) is 22.5. The molecule has 14 heteroatoms. The molecule has 0 aliphatic carbocycles. The number of aromatic nitrogens is 2. The molecule has 0 amide bonds. The molecule has 0 spiro atoms. The van der Waals surface area contributed by atoms with Crippen LogP contribution in [0.5, 0.6) is 0 Å². The summed E-state index contributed by atoms with van der Waals surface area (Å²) >= 11 is 12.0. The maximum Gasteiger partial charge on any atom is 0.210 e. The highest BCUT2D eigenvalue weighted by Crippen LogP contribution is 2.40. The van der Waals surface area contributed by atoms with Crippen LogP contribution < -0.4 is 9.80 Å². The van der Waals surface area contributed by atoms with Gasteiger partial charge in [-0.1, -0.05) is 79.0 Å². The number of para-hydroxylation sites is 2. The van der Waals surface area contributed by atoms with Crippen LogP contribution in [0.25, 0.3) is 21.8 Å². The minimum absolute atomic E-state index is 0.0241. The number of benzene rings is 4. The number of pyridine rings is 2. The van der Waals surface area contributed by atoms with Gasteiger partial charge in [0.15, 0.2) is 0 Å². The summed E-state index contributed by atoms with van der Waals surface area (Å²) in [6.45, 7) is 9.17. The molecule has 8 nitrogen and oxygen atoms in total. The molecule has 0 atom stereocenters. The van der Waals surface area contributed by atoms with Crippen LogP contribution in [0.4, 0.5) is 20.2 Å². The predicted octanol–water partition coefficient (Wildman–Crippen LogP) is 10.5. The van der Waals surface area contributed by atoms with Crippen molar-refractivity contribution >= 4 is 76.1 Å². The third kappa shape index (κ3) is 8.19. The molecule has 0 radical (unpaired) electrons. The quantitative estimate of drug-likeness (QED) is 0.163. The van der Waals surface area contributed by atoms with E-state index in [4.69, 9.17) is 23.2 Å². The Hall–Kier alpha value is -4.36. The standard InChI is InChI=1S/C22H23FN2O2S.C21H19Cl2FN2O2S/c1-15-6-8-17(9-7-15)28(26,27)20-14-24-21-18(4-3-5-19(21)23)22(20)25-12-10-16(2)11-13-25;1-13-7-9-26(10-8-13)21-15-3-2-4-18(24)20(15)25-12-19(21)29(27,28)14-5-6-16(22)17(23)11-14/h3-9,14,16H,10-13H2,1-2H3;2-6,11-13H,7-10H2,1H3. The van der Waals surface area contributed by atoms with E-state index in [0.29, 0.717) is 47.1 Å². The van der Waals surface area contributed by atoms with Gasteiger partial charge in [-0.2, -0.15) is 0 Å². The normalized spacial score (nSPS) is 15.8. The van der Waals surface area contributed by atoms with E-state index in [0.717, 1.165) is 44.3 Å². The highest BCUT2D eigenvalue weighted by atomic mass is 35.5. The van der Waals surface area contributed by atoms with Crippen molar-refractivity contribution in [2.45, 2.75) is 66.0 Å². The molecule has 4 aromatic carbocycles. The number of hydrogen-bond acceptors (Lipinski definition) is 8. The molecule has 0 unspecified atom stereocenters. The van der Waals surface area contributed by atoms with Crippen molar-refractivity contribution in [1.82, 2.24) is 9.97 Å². The maximum atomic E-state index is 14.4. The Bertz CT molecular complexity index is 2690. The average molecular weight is 852 g/mol. The summed E-state index contributed by atoms with van der Waals surface area (Å²) in [6.07, 6.45) is 6.38. The number of aryl methyl sites for hydroxylation is 1. The number of halogens is 4. The van der Waals surface area contributed by atoms with Crippen LogP contribution in [0.1, 0.15) is 45.1 Å². The highest BCUT2D eigenvalue weighted by molar-refractivity contribution is 7.92. The van der Waals surface area contributed by atoms with Crippen molar-refractivity contribution < 1.29 is 25.6 Å². The van der Waals surface area contributed by atoms with E-state index in [1.807, 2.05) is 11.8 Å². The molecule has 2 fully saturated rings. The van der Waals surface area contributed by atoms with E-state index in [2.05, 4.69) is 28.7 Å². The molecule has 298 valence electrons. The Kier molecular flexibility index (Phi) is 11.8. The van der Waals surface area contributed by atoms with Crippen LogP contribution in [-0.4, -0.2) is 53.0 Å². The second-order valence-corrected chi connectivity index (χ2v) is 19.6. The first kappa shape index (κ1) is 40.8. The van der Waals surface area contributed by atoms with Gasteiger partial charge in [-0.3, -0.25) is 9.97 Å². The Balaban J connectivity index is 0.000000174. The van der Waals surface area contributed by atoms with Crippen LogP contribution in [0.2, 0.25) is 10.0 Å². The number of hydrogen-bond donors (Lipinski definition) is 0. The highest BCUT2D eigenvalue weighted by Gasteiger charge is 2.31. The molecule has 6 aromatic rings. The van der Waals surface area contributed by atoms with Crippen LogP contribution in [0.15, 0.2) is 111 Å². The first-order valence-electron chi connectivity index (χ1n) is 18.8. The van der Waals surface area contributed by atoms with Gasteiger partial charge in [-0.25, -0.2) is 25.6 Å². The number of anilines is 2. The molecule has 0 N–H and O–H groups in total. The molecular formula is C43H42Cl2F2N4O4S2. The van der Waals surface area contributed by atoms with Crippen LogP contribution in [0, 0.1) is 30.4 Å². The zero-order valence-electron chi connectivity index (χ0n) is 31.7. The van der Waals surface area contributed by atoms with Gasteiger partial charge < -0.3 is 9.80 Å².